The van der Waals surface area contributed by atoms with Crippen LogP contribution in [0.3, 0.4) is 0 Å². The fourth-order valence-electron chi connectivity index (χ4n) is 3.47. The molecule has 0 radical (unpaired) electrons. The Kier molecular flexibility index (Phi) is 2.68. The predicted molar refractivity (Wildman–Crippen MR) is 101 cm³/mol. The van der Waals surface area contributed by atoms with Gasteiger partial charge in [-0.05, 0) is 40.6 Å². The third kappa shape index (κ3) is 1.83. The Bertz CT molecular complexity index is 1220. The molecule has 0 bridgehead atoms. The Morgan fingerprint density at radius 1 is 0.667 bits per heavy atom. The van der Waals surface area contributed by atoms with Gasteiger partial charge in [0.2, 0.25) is 0 Å². The van der Waals surface area contributed by atoms with Crippen LogP contribution in [0, 0.1) is 0 Å². The van der Waals surface area contributed by atoms with Gasteiger partial charge in [-0.25, -0.2) is 0 Å². The molecule has 0 saturated heterocycles. The quantitative estimate of drug-likeness (QED) is 0.386. The van der Waals surface area contributed by atoms with E-state index in [-0.39, 0.29) is 0 Å². The number of anilines is 1. The van der Waals surface area contributed by atoms with Crippen molar-refractivity contribution >= 4 is 38.4 Å². The van der Waals surface area contributed by atoms with Crippen molar-refractivity contribution in [3.05, 3.63) is 78.9 Å². The zero-order valence-corrected chi connectivity index (χ0v) is 13.0. The van der Waals surface area contributed by atoms with Crippen molar-refractivity contribution in [2.24, 2.45) is 0 Å². The minimum absolute atomic E-state index is 0.793. The summed E-state index contributed by atoms with van der Waals surface area (Å²) in [7, 11) is 0. The van der Waals surface area contributed by atoms with Crippen molar-refractivity contribution in [3.8, 4) is 11.1 Å². The van der Waals surface area contributed by atoms with Gasteiger partial charge in [0.1, 0.15) is 11.2 Å². The molecular weight excluding hydrogens is 294 g/mol. The minimum atomic E-state index is 0.793. The van der Waals surface area contributed by atoms with Crippen molar-refractivity contribution < 1.29 is 4.42 Å². The van der Waals surface area contributed by atoms with E-state index in [0.717, 1.165) is 33.4 Å². The Labute approximate surface area is 139 Å². The zero-order chi connectivity index (χ0) is 16.1. The summed E-state index contributed by atoms with van der Waals surface area (Å²) in [5.41, 5.74) is 11.0. The second-order valence-electron chi connectivity index (χ2n) is 6.06. The number of hydrogen-bond donors (Lipinski definition) is 1. The third-order valence-corrected chi connectivity index (χ3v) is 4.63. The van der Waals surface area contributed by atoms with Gasteiger partial charge in [-0.2, -0.15) is 0 Å². The van der Waals surface area contributed by atoms with E-state index in [2.05, 4.69) is 42.5 Å². The fourth-order valence-corrected chi connectivity index (χ4v) is 3.47. The molecule has 5 aromatic rings. The smallest absolute Gasteiger partial charge is 0.136 e. The molecule has 0 spiro atoms. The fraction of sp³-hybridized carbons (Fsp3) is 0. The minimum Gasteiger partial charge on any atom is -0.456 e. The lowest BCUT2D eigenvalue weighted by atomic mass is 9.97. The van der Waals surface area contributed by atoms with E-state index in [0.29, 0.717) is 0 Å². The van der Waals surface area contributed by atoms with E-state index in [1.165, 1.54) is 16.2 Å². The van der Waals surface area contributed by atoms with Gasteiger partial charge < -0.3 is 10.2 Å². The molecule has 2 heteroatoms. The lowest BCUT2D eigenvalue weighted by Gasteiger charge is -2.08. The summed E-state index contributed by atoms with van der Waals surface area (Å²) in [4.78, 5) is 0. The van der Waals surface area contributed by atoms with E-state index in [4.69, 9.17) is 10.2 Å². The number of furan rings is 1. The summed E-state index contributed by atoms with van der Waals surface area (Å²) < 4.78 is 6.01. The van der Waals surface area contributed by atoms with Crippen LogP contribution in [0.15, 0.2) is 83.3 Å². The third-order valence-electron chi connectivity index (χ3n) is 4.63. The standard InChI is InChI=1S/C22H15NO/c23-19-7-3-1-5-16(19)15-10-9-14-11-12-21-22(18(14)13-15)17-6-2-4-8-20(17)24-21/h1-13H,23H2. The molecule has 1 heterocycles. The summed E-state index contributed by atoms with van der Waals surface area (Å²) in [6.07, 6.45) is 0. The van der Waals surface area contributed by atoms with E-state index in [1.54, 1.807) is 0 Å². The molecule has 4 aromatic carbocycles. The topological polar surface area (TPSA) is 39.2 Å². The lowest BCUT2D eigenvalue weighted by molar-refractivity contribution is 0.669. The first-order valence-electron chi connectivity index (χ1n) is 8.00. The number of nitrogens with two attached hydrogens (primary N) is 1. The predicted octanol–water partition coefficient (Wildman–Crippen LogP) is 5.99. The number of rotatable bonds is 1. The molecule has 0 amide bonds. The maximum absolute atomic E-state index is 6.16. The molecule has 2 N–H and O–H groups in total. The summed E-state index contributed by atoms with van der Waals surface area (Å²) in [6, 6.07) is 26.8. The Morgan fingerprint density at radius 3 is 2.38 bits per heavy atom. The Hall–Kier alpha value is -3.26. The monoisotopic (exact) mass is 309 g/mol. The SMILES string of the molecule is Nc1ccccc1-c1ccc2ccc3oc4ccccc4c3c2c1. The van der Waals surface area contributed by atoms with Gasteiger partial charge in [0.15, 0.2) is 0 Å². The van der Waals surface area contributed by atoms with Crippen LogP contribution < -0.4 is 5.73 Å². The number of nitrogen functional groups attached to an aromatic ring is 1. The molecule has 0 unspecified atom stereocenters. The molecule has 0 atom stereocenters. The average molecular weight is 309 g/mol. The van der Waals surface area contributed by atoms with Gasteiger partial charge in [0, 0.05) is 22.0 Å². The first-order valence-corrected chi connectivity index (χ1v) is 8.00. The van der Waals surface area contributed by atoms with Crippen LogP contribution in [0.25, 0.3) is 43.8 Å². The molecule has 2 nitrogen and oxygen atoms in total. The number of hydrogen-bond acceptors (Lipinski definition) is 2. The molecule has 0 fully saturated rings. The van der Waals surface area contributed by atoms with Gasteiger partial charge >= 0.3 is 0 Å². The maximum Gasteiger partial charge on any atom is 0.136 e. The number of fused-ring (bicyclic) bond motifs is 5. The van der Waals surface area contributed by atoms with E-state index in [1.807, 2.05) is 36.4 Å². The maximum atomic E-state index is 6.16. The highest BCUT2D eigenvalue weighted by atomic mass is 16.3. The molecule has 1 aromatic heterocycles. The highest BCUT2D eigenvalue weighted by Crippen LogP contribution is 2.37. The Morgan fingerprint density at radius 2 is 1.46 bits per heavy atom. The second-order valence-corrected chi connectivity index (χ2v) is 6.06. The molecule has 0 saturated carbocycles. The van der Waals surface area contributed by atoms with Gasteiger partial charge in [-0.3, -0.25) is 0 Å². The van der Waals surface area contributed by atoms with Gasteiger partial charge in [-0.15, -0.1) is 0 Å². The van der Waals surface area contributed by atoms with E-state index in [9.17, 15) is 0 Å². The molecule has 0 aliphatic heterocycles. The van der Waals surface area contributed by atoms with Crippen LogP contribution in [0.5, 0.6) is 0 Å². The largest absolute Gasteiger partial charge is 0.456 e. The number of benzene rings is 4. The van der Waals surface area contributed by atoms with E-state index < -0.39 is 0 Å². The first kappa shape index (κ1) is 13.2. The average Bonchev–Trinajstić information content (AvgIpc) is 3.01. The van der Waals surface area contributed by atoms with Gasteiger partial charge in [0.25, 0.3) is 0 Å². The zero-order valence-electron chi connectivity index (χ0n) is 13.0. The molecule has 0 aliphatic carbocycles. The van der Waals surface area contributed by atoms with E-state index >= 15 is 0 Å². The van der Waals surface area contributed by atoms with Crippen LogP contribution in [0.4, 0.5) is 5.69 Å². The molecule has 5 rings (SSSR count). The normalized spacial score (nSPS) is 11.5. The summed E-state index contributed by atoms with van der Waals surface area (Å²) in [5, 5.41) is 4.71. The van der Waals surface area contributed by atoms with Crippen LogP contribution in [0.1, 0.15) is 0 Å². The second kappa shape index (κ2) is 4.87. The highest BCUT2D eigenvalue weighted by molar-refractivity contribution is 6.19. The van der Waals surface area contributed by atoms with Gasteiger partial charge in [0.05, 0.1) is 0 Å². The summed E-state index contributed by atoms with van der Waals surface area (Å²) in [5.74, 6) is 0. The van der Waals surface area contributed by atoms with Crippen molar-refractivity contribution in [1.82, 2.24) is 0 Å². The molecule has 0 aliphatic rings. The molecule has 24 heavy (non-hydrogen) atoms. The number of para-hydroxylation sites is 2. The van der Waals surface area contributed by atoms with Crippen LogP contribution in [0.2, 0.25) is 0 Å². The van der Waals surface area contributed by atoms with Crippen LogP contribution in [-0.4, -0.2) is 0 Å². The molecular formula is C22H15NO. The Balaban J connectivity index is 1.91. The highest BCUT2D eigenvalue weighted by Gasteiger charge is 2.11. The van der Waals surface area contributed by atoms with Crippen LogP contribution in [-0.2, 0) is 0 Å². The summed E-state index contributed by atoms with van der Waals surface area (Å²) in [6.45, 7) is 0. The lowest BCUT2D eigenvalue weighted by Crippen LogP contribution is -1.89. The summed E-state index contributed by atoms with van der Waals surface area (Å²) >= 11 is 0. The van der Waals surface area contributed by atoms with Crippen LogP contribution >= 0.6 is 0 Å². The van der Waals surface area contributed by atoms with Crippen molar-refractivity contribution in [2.45, 2.75) is 0 Å². The molecule has 114 valence electrons. The van der Waals surface area contributed by atoms with Crippen molar-refractivity contribution in [2.75, 3.05) is 5.73 Å². The van der Waals surface area contributed by atoms with Gasteiger partial charge in [-0.1, -0.05) is 54.6 Å². The van der Waals surface area contributed by atoms with Crippen molar-refractivity contribution in [3.63, 3.8) is 0 Å². The first-order chi connectivity index (χ1) is 11.8. The van der Waals surface area contributed by atoms with Crippen molar-refractivity contribution in [1.29, 1.82) is 0 Å².